The molecule has 1 unspecified atom stereocenters. The molecule has 0 saturated carbocycles. The van der Waals surface area contributed by atoms with E-state index < -0.39 is 6.29 Å². The van der Waals surface area contributed by atoms with Crippen LogP contribution in [-0.4, -0.2) is 29.2 Å². The highest BCUT2D eigenvalue weighted by Crippen LogP contribution is 2.19. The quantitative estimate of drug-likeness (QED) is 0.723. The van der Waals surface area contributed by atoms with E-state index in [9.17, 15) is 0 Å². The van der Waals surface area contributed by atoms with Crippen molar-refractivity contribution < 1.29 is 14.9 Å². The first-order valence-electron chi connectivity index (χ1n) is 6.94. The van der Waals surface area contributed by atoms with Crippen LogP contribution in [0, 0.1) is 0 Å². The SMILES string of the molecule is OC(O)CCC1=CCC(OCC2=CCCC=C2)C=C1. The highest BCUT2D eigenvalue weighted by Gasteiger charge is 2.10. The van der Waals surface area contributed by atoms with E-state index in [4.69, 9.17) is 14.9 Å². The summed E-state index contributed by atoms with van der Waals surface area (Å²) in [5.74, 6) is 0. The topological polar surface area (TPSA) is 49.7 Å². The third-order valence-corrected chi connectivity index (χ3v) is 3.36. The van der Waals surface area contributed by atoms with Crippen molar-refractivity contribution in [1.82, 2.24) is 0 Å². The van der Waals surface area contributed by atoms with Gasteiger partial charge in [-0.1, -0.05) is 42.0 Å². The van der Waals surface area contributed by atoms with Crippen molar-refractivity contribution >= 4 is 0 Å². The van der Waals surface area contributed by atoms with Crippen LogP contribution in [0.25, 0.3) is 0 Å². The van der Waals surface area contributed by atoms with Crippen LogP contribution >= 0.6 is 0 Å². The molecule has 19 heavy (non-hydrogen) atoms. The van der Waals surface area contributed by atoms with Gasteiger partial charge in [-0.3, -0.25) is 0 Å². The zero-order valence-corrected chi connectivity index (χ0v) is 11.2. The largest absolute Gasteiger partial charge is 0.369 e. The summed E-state index contributed by atoms with van der Waals surface area (Å²) in [6, 6.07) is 0. The van der Waals surface area contributed by atoms with Crippen LogP contribution in [0.1, 0.15) is 32.1 Å². The van der Waals surface area contributed by atoms with Crippen molar-refractivity contribution in [3.8, 4) is 0 Å². The molecule has 0 saturated heterocycles. The molecule has 0 aliphatic heterocycles. The maximum absolute atomic E-state index is 8.83. The molecule has 3 heteroatoms. The van der Waals surface area contributed by atoms with Crippen LogP contribution in [0.15, 0.2) is 47.6 Å². The number of hydrogen-bond donors (Lipinski definition) is 2. The molecule has 0 aromatic heterocycles. The number of allylic oxidation sites excluding steroid dienone is 4. The van der Waals surface area contributed by atoms with Crippen LogP contribution in [0.5, 0.6) is 0 Å². The predicted molar refractivity (Wildman–Crippen MR) is 75.5 cm³/mol. The second-order valence-electron chi connectivity index (χ2n) is 5.00. The molecule has 0 spiro atoms. The monoisotopic (exact) mass is 262 g/mol. The van der Waals surface area contributed by atoms with E-state index in [1.807, 2.05) is 6.08 Å². The molecule has 2 rings (SSSR count). The van der Waals surface area contributed by atoms with Gasteiger partial charge in [0.2, 0.25) is 0 Å². The van der Waals surface area contributed by atoms with Gasteiger partial charge >= 0.3 is 0 Å². The van der Waals surface area contributed by atoms with Gasteiger partial charge in [0.05, 0.1) is 12.7 Å². The lowest BCUT2D eigenvalue weighted by Crippen LogP contribution is -2.14. The minimum Gasteiger partial charge on any atom is -0.369 e. The van der Waals surface area contributed by atoms with E-state index in [1.54, 1.807) is 0 Å². The Hall–Kier alpha value is -1.16. The third kappa shape index (κ3) is 5.15. The normalized spacial score (nSPS) is 22.6. The number of aliphatic hydroxyl groups is 2. The average molecular weight is 262 g/mol. The molecule has 0 radical (unpaired) electrons. The van der Waals surface area contributed by atoms with Gasteiger partial charge in [-0.25, -0.2) is 0 Å². The second-order valence-corrected chi connectivity index (χ2v) is 5.00. The van der Waals surface area contributed by atoms with Gasteiger partial charge in [0.1, 0.15) is 0 Å². The molecular weight excluding hydrogens is 240 g/mol. The van der Waals surface area contributed by atoms with Crippen molar-refractivity contribution in [2.75, 3.05) is 6.61 Å². The molecule has 0 fully saturated rings. The molecule has 0 amide bonds. The molecule has 2 aliphatic carbocycles. The van der Waals surface area contributed by atoms with Crippen LogP contribution in [0.4, 0.5) is 0 Å². The van der Waals surface area contributed by atoms with Crippen LogP contribution in [0.3, 0.4) is 0 Å². The van der Waals surface area contributed by atoms with Crippen molar-refractivity contribution in [1.29, 1.82) is 0 Å². The van der Waals surface area contributed by atoms with Gasteiger partial charge in [-0.2, -0.15) is 0 Å². The first kappa shape index (κ1) is 14.3. The molecule has 104 valence electrons. The number of hydrogen-bond acceptors (Lipinski definition) is 3. The maximum Gasteiger partial charge on any atom is 0.151 e. The van der Waals surface area contributed by atoms with E-state index in [2.05, 4.69) is 30.4 Å². The van der Waals surface area contributed by atoms with Crippen molar-refractivity contribution in [3.63, 3.8) is 0 Å². The van der Waals surface area contributed by atoms with Crippen molar-refractivity contribution in [2.24, 2.45) is 0 Å². The van der Waals surface area contributed by atoms with E-state index in [0.717, 1.165) is 24.8 Å². The van der Waals surface area contributed by atoms with Gasteiger partial charge in [0.15, 0.2) is 6.29 Å². The van der Waals surface area contributed by atoms with Gasteiger partial charge in [0.25, 0.3) is 0 Å². The van der Waals surface area contributed by atoms with Crippen LogP contribution in [-0.2, 0) is 4.74 Å². The molecule has 0 bridgehead atoms. The summed E-state index contributed by atoms with van der Waals surface area (Å²) in [5, 5.41) is 17.7. The molecular formula is C16H22O3. The lowest BCUT2D eigenvalue weighted by Gasteiger charge is -2.18. The van der Waals surface area contributed by atoms with E-state index in [1.165, 1.54) is 5.57 Å². The van der Waals surface area contributed by atoms with Gasteiger partial charge in [-0.05, 0) is 31.3 Å². The molecule has 2 N–H and O–H groups in total. The van der Waals surface area contributed by atoms with Gasteiger partial charge in [0, 0.05) is 6.42 Å². The Balaban J connectivity index is 1.70. The molecule has 0 heterocycles. The molecule has 3 nitrogen and oxygen atoms in total. The Morgan fingerprint density at radius 3 is 2.68 bits per heavy atom. The Bertz CT molecular complexity index is 402. The summed E-state index contributed by atoms with van der Waals surface area (Å²) in [6.07, 6.45) is 15.9. The Kier molecular flexibility index (Phi) is 5.58. The lowest BCUT2D eigenvalue weighted by atomic mass is 10.0. The van der Waals surface area contributed by atoms with E-state index >= 15 is 0 Å². The summed E-state index contributed by atoms with van der Waals surface area (Å²) < 4.78 is 5.85. The maximum atomic E-state index is 8.83. The number of ether oxygens (including phenoxy) is 1. The van der Waals surface area contributed by atoms with Crippen LogP contribution in [0.2, 0.25) is 0 Å². The Morgan fingerprint density at radius 2 is 2.05 bits per heavy atom. The molecule has 2 aliphatic rings. The minimum absolute atomic E-state index is 0.138. The first-order chi connectivity index (χ1) is 9.24. The fraction of sp³-hybridized carbons (Fsp3) is 0.500. The van der Waals surface area contributed by atoms with E-state index in [0.29, 0.717) is 19.4 Å². The number of aliphatic hydroxyl groups excluding tert-OH is 1. The Morgan fingerprint density at radius 1 is 1.16 bits per heavy atom. The molecule has 1 atom stereocenters. The highest BCUT2D eigenvalue weighted by molar-refractivity contribution is 5.25. The summed E-state index contributed by atoms with van der Waals surface area (Å²) in [5.41, 5.74) is 2.42. The summed E-state index contributed by atoms with van der Waals surface area (Å²) in [6.45, 7) is 0.671. The zero-order valence-electron chi connectivity index (χ0n) is 11.2. The van der Waals surface area contributed by atoms with Crippen molar-refractivity contribution in [2.45, 2.75) is 44.5 Å². The van der Waals surface area contributed by atoms with E-state index in [-0.39, 0.29) is 6.10 Å². The minimum atomic E-state index is -1.21. The highest BCUT2D eigenvalue weighted by atomic mass is 16.5. The fourth-order valence-electron chi connectivity index (χ4n) is 2.23. The predicted octanol–water partition coefficient (Wildman–Crippen LogP) is 2.63. The van der Waals surface area contributed by atoms with Crippen LogP contribution < -0.4 is 0 Å². The second kappa shape index (κ2) is 7.43. The molecule has 0 aromatic carbocycles. The lowest BCUT2D eigenvalue weighted by molar-refractivity contribution is -0.0445. The average Bonchev–Trinajstić information content (AvgIpc) is 2.45. The standard InChI is InChI=1S/C16H22O3/c17-16(18)11-8-13-6-9-15(10-7-13)19-12-14-4-2-1-3-5-14/h2,4-7,9,15-18H,1,3,8,10-12H2. The molecule has 0 aromatic rings. The zero-order chi connectivity index (χ0) is 13.5. The van der Waals surface area contributed by atoms with Crippen molar-refractivity contribution in [3.05, 3.63) is 47.6 Å². The fourth-order valence-corrected chi connectivity index (χ4v) is 2.23. The van der Waals surface area contributed by atoms with Gasteiger partial charge < -0.3 is 14.9 Å². The summed E-state index contributed by atoms with van der Waals surface area (Å²) >= 11 is 0. The Labute approximate surface area is 114 Å². The first-order valence-corrected chi connectivity index (χ1v) is 6.94. The summed E-state index contributed by atoms with van der Waals surface area (Å²) in [4.78, 5) is 0. The van der Waals surface area contributed by atoms with Gasteiger partial charge in [-0.15, -0.1) is 0 Å². The number of rotatable bonds is 6. The smallest absolute Gasteiger partial charge is 0.151 e. The summed E-state index contributed by atoms with van der Waals surface area (Å²) in [7, 11) is 0. The third-order valence-electron chi connectivity index (χ3n) is 3.36.